The summed E-state index contributed by atoms with van der Waals surface area (Å²) in [7, 11) is 5.39. The van der Waals surface area contributed by atoms with Crippen molar-refractivity contribution in [2.24, 2.45) is 0 Å². The van der Waals surface area contributed by atoms with Crippen molar-refractivity contribution in [3.05, 3.63) is 188 Å². The van der Waals surface area contributed by atoms with Crippen LogP contribution in [-0.4, -0.2) is 89.7 Å². The molecule has 0 spiro atoms. The smallest absolute Gasteiger partial charge is 0.161 e. The standard InChI is InChI=1S/C60H48O16/c1-73-57-17-29(5-9-45(57)61)13-33-37-21-39(51(67)25-49(37)65)34(14-30-6-10-46(62)58(18-30)74-2)41-23-43(55(71)27-53(41)69)36(16-32-8-12-48(64)60(20-32)76-4)44-24-42(54(70)28-56(44)72)35(40-22-38(33)50(66)26-52(40)68)15-31-7-11-47(63)59(19-31)75-3/h5-28,61-72H,1-4H3. The zero-order chi connectivity index (χ0) is 54.3. The summed E-state index contributed by atoms with van der Waals surface area (Å²) >= 11 is 0. The van der Waals surface area contributed by atoms with Crippen LogP contribution in [0.25, 0.3) is 46.6 Å². The van der Waals surface area contributed by atoms with E-state index < -0.39 is 46.0 Å². The molecule has 16 heteroatoms. The van der Waals surface area contributed by atoms with Crippen LogP contribution >= 0.6 is 0 Å². The second kappa shape index (κ2) is 20.2. The number of phenolic OH excluding ortho intramolecular Hbond substituents is 12. The Morgan fingerprint density at radius 3 is 0.553 bits per heavy atom. The van der Waals surface area contributed by atoms with E-state index in [-0.39, 0.29) is 113 Å². The lowest BCUT2D eigenvalue weighted by molar-refractivity contribution is 0.373. The van der Waals surface area contributed by atoms with E-state index in [0.717, 1.165) is 24.3 Å². The first-order chi connectivity index (χ1) is 36.4. The fraction of sp³-hybridized carbons (Fsp3) is 0.0667. The third kappa shape index (κ3) is 9.52. The largest absolute Gasteiger partial charge is 0.507 e. The zero-order valence-electron chi connectivity index (χ0n) is 40.9. The molecule has 16 nitrogen and oxygen atoms in total. The second-order valence-electron chi connectivity index (χ2n) is 17.5. The van der Waals surface area contributed by atoms with E-state index in [4.69, 9.17) is 18.9 Å². The van der Waals surface area contributed by atoms with Crippen LogP contribution in [0.15, 0.2) is 121 Å². The molecule has 9 rings (SSSR count). The molecule has 0 saturated carbocycles. The van der Waals surface area contributed by atoms with E-state index >= 15 is 0 Å². The molecule has 0 fully saturated rings. The molecule has 0 radical (unpaired) electrons. The van der Waals surface area contributed by atoms with Gasteiger partial charge in [-0.05, 0) is 142 Å². The van der Waals surface area contributed by atoms with Gasteiger partial charge < -0.3 is 80.2 Å². The van der Waals surface area contributed by atoms with Crippen LogP contribution in [-0.2, 0) is 0 Å². The number of rotatable bonds is 8. The van der Waals surface area contributed by atoms with Crippen LogP contribution in [0, 0.1) is 0 Å². The Hall–Kier alpha value is -10.5. The van der Waals surface area contributed by atoms with Crippen molar-refractivity contribution in [2.75, 3.05) is 28.4 Å². The Labute approximate surface area is 433 Å². The van der Waals surface area contributed by atoms with Crippen LogP contribution in [0.5, 0.6) is 92.0 Å². The highest BCUT2D eigenvalue weighted by atomic mass is 16.5. The van der Waals surface area contributed by atoms with Gasteiger partial charge in [0, 0.05) is 68.8 Å². The first-order valence-electron chi connectivity index (χ1n) is 23.0. The Morgan fingerprint density at radius 1 is 0.224 bits per heavy atom. The maximum Gasteiger partial charge on any atom is 0.161 e. The van der Waals surface area contributed by atoms with Crippen LogP contribution in [0.4, 0.5) is 0 Å². The average Bonchev–Trinajstić information content (AvgIpc) is 3.39. The van der Waals surface area contributed by atoms with Crippen molar-refractivity contribution < 1.29 is 80.2 Å². The van der Waals surface area contributed by atoms with Gasteiger partial charge in [0.2, 0.25) is 0 Å². The van der Waals surface area contributed by atoms with E-state index in [1.54, 1.807) is 0 Å². The van der Waals surface area contributed by atoms with Crippen molar-refractivity contribution in [1.82, 2.24) is 0 Å². The summed E-state index contributed by atoms with van der Waals surface area (Å²) in [6.45, 7) is 0. The number of benzene rings is 8. The molecule has 0 aromatic heterocycles. The summed E-state index contributed by atoms with van der Waals surface area (Å²) in [5.74, 6) is -4.79. The van der Waals surface area contributed by atoms with E-state index in [1.165, 1.54) is 150 Å². The quantitative estimate of drug-likeness (QED) is 0.0674. The number of phenols is 12. The molecule has 0 aliphatic heterocycles. The second-order valence-corrected chi connectivity index (χ2v) is 17.5. The Morgan fingerprint density at radius 2 is 0.395 bits per heavy atom. The molecule has 8 aromatic rings. The highest BCUT2D eigenvalue weighted by Crippen LogP contribution is 2.51. The lowest BCUT2D eigenvalue weighted by atomic mass is 9.84. The number of hydrogen-bond donors (Lipinski definition) is 12. The van der Waals surface area contributed by atoms with Crippen molar-refractivity contribution in [1.29, 1.82) is 0 Å². The average molecular weight is 1030 g/mol. The Balaban J connectivity index is 1.50. The number of methoxy groups -OCH3 is 4. The summed E-state index contributed by atoms with van der Waals surface area (Å²) in [6.07, 6.45) is 6.11. The molecule has 384 valence electrons. The minimum atomic E-state index is -0.531. The number of aromatic hydroxyl groups is 12. The summed E-state index contributed by atoms with van der Waals surface area (Å²) in [5.41, 5.74) is 1.10. The van der Waals surface area contributed by atoms with Crippen molar-refractivity contribution in [2.45, 2.75) is 0 Å². The molecule has 76 heavy (non-hydrogen) atoms. The molecule has 1 aliphatic carbocycles. The van der Waals surface area contributed by atoms with E-state index in [2.05, 4.69) is 0 Å². The molecular formula is C60H48O16. The lowest BCUT2D eigenvalue weighted by Gasteiger charge is -2.22. The van der Waals surface area contributed by atoms with Gasteiger partial charge in [-0.2, -0.15) is 0 Å². The fourth-order valence-electron chi connectivity index (χ4n) is 9.04. The first kappa shape index (κ1) is 50.5. The minimum absolute atomic E-state index is 0.0365. The van der Waals surface area contributed by atoms with Gasteiger partial charge in [0.25, 0.3) is 0 Å². The SMILES string of the molecule is COc1cc(C=C2c3cc(c(O)cc3O)C(=Cc3ccc(O)c(OC)c3)c3cc(c(O)cc3O)C(=Cc3ccc(O)c(OC)c3)c3cc(c(O)cc3O)C(=Cc3ccc(O)c(OC)c3)c3cc2c(O)cc3O)ccc1O. The Bertz CT molecular complexity index is 3190. The fourth-order valence-corrected chi connectivity index (χ4v) is 9.04. The van der Waals surface area contributed by atoms with Gasteiger partial charge in [-0.15, -0.1) is 0 Å². The van der Waals surface area contributed by atoms with Crippen LogP contribution in [0.3, 0.4) is 0 Å². The predicted molar refractivity (Wildman–Crippen MR) is 286 cm³/mol. The molecule has 8 aromatic carbocycles. The van der Waals surface area contributed by atoms with E-state index in [9.17, 15) is 61.3 Å². The number of ether oxygens (including phenoxy) is 4. The molecular weight excluding hydrogens is 977 g/mol. The lowest BCUT2D eigenvalue weighted by Crippen LogP contribution is -2.00. The van der Waals surface area contributed by atoms with Gasteiger partial charge in [-0.1, -0.05) is 24.3 Å². The van der Waals surface area contributed by atoms with E-state index in [0.29, 0.717) is 22.3 Å². The topological polar surface area (TPSA) is 280 Å². The summed E-state index contributed by atoms with van der Waals surface area (Å²) in [4.78, 5) is 0. The molecule has 0 atom stereocenters. The van der Waals surface area contributed by atoms with Gasteiger partial charge in [-0.25, -0.2) is 0 Å². The molecule has 0 amide bonds. The van der Waals surface area contributed by atoms with Gasteiger partial charge in [-0.3, -0.25) is 0 Å². The Kier molecular flexibility index (Phi) is 13.4. The van der Waals surface area contributed by atoms with Gasteiger partial charge in [0.05, 0.1) is 28.4 Å². The zero-order valence-corrected chi connectivity index (χ0v) is 40.9. The van der Waals surface area contributed by atoms with Crippen molar-refractivity contribution in [3.8, 4) is 92.0 Å². The maximum absolute atomic E-state index is 12.0. The highest BCUT2D eigenvalue weighted by Gasteiger charge is 2.28. The van der Waals surface area contributed by atoms with E-state index in [1.807, 2.05) is 0 Å². The normalized spacial score (nSPS) is 11.9. The number of hydrogen-bond acceptors (Lipinski definition) is 16. The van der Waals surface area contributed by atoms with Gasteiger partial charge in [0.1, 0.15) is 46.0 Å². The third-order valence-corrected chi connectivity index (χ3v) is 12.8. The van der Waals surface area contributed by atoms with Crippen LogP contribution in [0.1, 0.15) is 66.8 Å². The summed E-state index contributed by atoms with van der Waals surface area (Å²) < 4.78 is 21.7. The maximum atomic E-state index is 12.0. The monoisotopic (exact) mass is 1020 g/mol. The van der Waals surface area contributed by atoms with Crippen molar-refractivity contribution >= 4 is 46.6 Å². The van der Waals surface area contributed by atoms with Gasteiger partial charge in [0.15, 0.2) is 46.0 Å². The molecule has 0 saturated heterocycles. The van der Waals surface area contributed by atoms with Crippen LogP contribution in [0.2, 0.25) is 0 Å². The summed E-state index contributed by atoms with van der Waals surface area (Å²) in [6, 6.07) is 27.1. The molecule has 0 heterocycles. The molecule has 12 N–H and O–H groups in total. The van der Waals surface area contributed by atoms with Crippen LogP contribution < -0.4 is 18.9 Å². The first-order valence-corrected chi connectivity index (χ1v) is 23.0. The predicted octanol–water partition coefficient (Wildman–Crippen LogP) is 10.9. The molecule has 8 bridgehead atoms. The minimum Gasteiger partial charge on any atom is -0.507 e. The molecule has 0 unspecified atom stereocenters. The molecule has 1 aliphatic rings. The number of fused-ring (bicyclic) bond motifs is 8. The highest BCUT2D eigenvalue weighted by molar-refractivity contribution is 6.05. The van der Waals surface area contributed by atoms with Gasteiger partial charge >= 0.3 is 0 Å². The third-order valence-electron chi connectivity index (χ3n) is 12.8. The summed E-state index contributed by atoms with van der Waals surface area (Å²) in [5, 5.41) is 139. The van der Waals surface area contributed by atoms with Crippen molar-refractivity contribution in [3.63, 3.8) is 0 Å².